The Labute approximate surface area is 173 Å². The van der Waals surface area contributed by atoms with Crippen LogP contribution in [-0.4, -0.2) is 53.5 Å². The molecule has 2 aliphatic rings. The fourth-order valence-electron chi connectivity index (χ4n) is 4.33. The Morgan fingerprint density at radius 1 is 1.03 bits per heavy atom. The molecule has 5 heteroatoms. The minimum absolute atomic E-state index is 0.194. The summed E-state index contributed by atoms with van der Waals surface area (Å²) in [6.45, 7) is 5.15. The Morgan fingerprint density at radius 2 is 1.83 bits per heavy atom. The van der Waals surface area contributed by atoms with Crippen molar-refractivity contribution in [2.24, 2.45) is 5.92 Å². The number of rotatable bonds is 7. The SMILES string of the molecule is O=C(Cc1cccnc1)N1CCN(Cc2cccc(OCC3CCCC3)c2)CC1. The van der Waals surface area contributed by atoms with Crippen LogP contribution in [0.4, 0.5) is 0 Å². The molecule has 1 saturated heterocycles. The smallest absolute Gasteiger partial charge is 0.227 e. The minimum Gasteiger partial charge on any atom is -0.493 e. The molecule has 0 radical (unpaired) electrons. The van der Waals surface area contributed by atoms with Gasteiger partial charge in [0.1, 0.15) is 5.75 Å². The maximum atomic E-state index is 12.5. The van der Waals surface area contributed by atoms with Crippen LogP contribution in [0.1, 0.15) is 36.8 Å². The molecule has 0 spiro atoms. The average molecular weight is 394 g/mol. The maximum absolute atomic E-state index is 12.5. The van der Waals surface area contributed by atoms with E-state index in [0.29, 0.717) is 6.42 Å². The van der Waals surface area contributed by atoms with Gasteiger partial charge in [0.15, 0.2) is 0 Å². The van der Waals surface area contributed by atoms with E-state index < -0.39 is 0 Å². The Balaban J connectivity index is 1.23. The molecule has 29 heavy (non-hydrogen) atoms. The molecule has 1 aliphatic carbocycles. The van der Waals surface area contributed by atoms with E-state index in [9.17, 15) is 4.79 Å². The van der Waals surface area contributed by atoms with Crippen LogP contribution in [-0.2, 0) is 17.8 Å². The fourth-order valence-corrected chi connectivity index (χ4v) is 4.33. The lowest BCUT2D eigenvalue weighted by Crippen LogP contribution is -2.48. The summed E-state index contributed by atoms with van der Waals surface area (Å²) in [6.07, 6.45) is 9.27. The lowest BCUT2D eigenvalue weighted by Gasteiger charge is -2.35. The van der Waals surface area contributed by atoms with Crippen molar-refractivity contribution in [3.63, 3.8) is 0 Å². The van der Waals surface area contributed by atoms with E-state index in [4.69, 9.17) is 4.74 Å². The number of pyridine rings is 1. The van der Waals surface area contributed by atoms with Crippen molar-refractivity contribution in [2.45, 2.75) is 38.6 Å². The number of carbonyl (C=O) groups excluding carboxylic acids is 1. The quantitative estimate of drug-likeness (QED) is 0.722. The summed E-state index contributed by atoms with van der Waals surface area (Å²) >= 11 is 0. The lowest BCUT2D eigenvalue weighted by atomic mass is 10.1. The first-order valence-corrected chi connectivity index (χ1v) is 10.9. The highest BCUT2D eigenvalue weighted by Crippen LogP contribution is 2.26. The van der Waals surface area contributed by atoms with Gasteiger partial charge in [-0.2, -0.15) is 0 Å². The third kappa shape index (κ3) is 5.80. The summed E-state index contributed by atoms with van der Waals surface area (Å²) in [5, 5.41) is 0. The predicted octanol–water partition coefficient (Wildman–Crippen LogP) is 3.54. The van der Waals surface area contributed by atoms with Gasteiger partial charge in [0.05, 0.1) is 13.0 Å². The summed E-state index contributed by atoms with van der Waals surface area (Å²) < 4.78 is 6.05. The van der Waals surface area contributed by atoms with E-state index in [1.54, 1.807) is 12.4 Å². The van der Waals surface area contributed by atoms with Gasteiger partial charge < -0.3 is 9.64 Å². The first-order valence-electron chi connectivity index (χ1n) is 10.9. The van der Waals surface area contributed by atoms with Crippen LogP contribution in [0.5, 0.6) is 5.75 Å². The van der Waals surface area contributed by atoms with Crippen LogP contribution in [0.3, 0.4) is 0 Å². The van der Waals surface area contributed by atoms with E-state index in [-0.39, 0.29) is 5.91 Å². The molecule has 1 amide bonds. The second-order valence-electron chi connectivity index (χ2n) is 8.30. The Kier molecular flexibility index (Phi) is 6.78. The third-order valence-corrected chi connectivity index (χ3v) is 6.07. The molecule has 2 aromatic rings. The van der Waals surface area contributed by atoms with Crippen molar-refractivity contribution in [1.82, 2.24) is 14.8 Å². The minimum atomic E-state index is 0.194. The number of carbonyl (C=O) groups is 1. The first-order chi connectivity index (χ1) is 14.3. The Hall–Kier alpha value is -2.40. The van der Waals surface area contributed by atoms with Gasteiger partial charge in [-0.25, -0.2) is 0 Å². The highest BCUT2D eigenvalue weighted by atomic mass is 16.5. The first kappa shape index (κ1) is 19.9. The maximum Gasteiger partial charge on any atom is 0.227 e. The largest absolute Gasteiger partial charge is 0.493 e. The molecular weight excluding hydrogens is 362 g/mol. The average Bonchev–Trinajstić information content (AvgIpc) is 3.28. The summed E-state index contributed by atoms with van der Waals surface area (Å²) in [7, 11) is 0. The number of ether oxygens (including phenoxy) is 1. The molecule has 0 N–H and O–H groups in total. The van der Waals surface area contributed by atoms with Crippen molar-refractivity contribution < 1.29 is 9.53 Å². The molecule has 0 atom stereocenters. The number of amides is 1. The molecule has 1 aliphatic heterocycles. The van der Waals surface area contributed by atoms with E-state index >= 15 is 0 Å². The normalized spacial score (nSPS) is 18.1. The highest BCUT2D eigenvalue weighted by molar-refractivity contribution is 5.78. The van der Waals surface area contributed by atoms with Gasteiger partial charge in [0.25, 0.3) is 0 Å². The van der Waals surface area contributed by atoms with Gasteiger partial charge in [-0.3, -0.25) is 14.7 Å². The number of nitrogens with zero attached hydrogens (tertiary/aromatic N) is 3. The van der Waals surface area contributed by atoms with E-state index in [0.717, 1.165) is 56.6 Å². The summed E-state index contributed by atoms with van der Waals surface area (Å²) in [5.74, 6) is 1.91. The number of hydrogen-bond donors (Lipinski definition) is 0. The molecule has 154 valence electrons. The fraction of sp³-hybridized carbons (Fsp3) is 0.500. The monoisotopic (exact) mass is 393 g/mol. The van der Waals surface area contributed by atoms with Crippen LogP contribution in [0.15, 0.2) is 48.8 Å². The lowest BCUT2D eigenvalue weighted by molar-refractivity contribution is -0.132. The summed E-state index contributed by atoms with van der Waals surface area (Å²) in [5.41, 5.74) is 2.26. The predicted molar refractivity (Wildman–Crippen MR) is 114 cm³/mol. The van der Waals surface area contributed by atoms with Gasteiger partial charge in [-0.1, -0.05) is 31.0 Å². The van der Waals surface area contributed by atoms with Gasteiger partial charge >= 0.3 is 0 Å². The van der Waals surface area contributed by atoms with E-state index in [1.807, 2.05) is 17.0 Å². The zero-order valence-corrected chi connectivity index (χ0v) is 17.1. The molecule has 1 aromatic heterocycles. The zero-order chi connectivity index (χ0) is 19.9. The molecule has 4 rings (SSSR count). The van der Waals surface area contributed by atoms with Gasteiger partial charge in [0.2, 0.25) is 5.91 Å². The highest BCUT2D eigenvalue weighted by Gasteiger charge is 2.21. The topological polar surface area (TPSA) is 45.7 Å². The summed E-state index contributed by atoms with van der Waals surface area (Å²) in [4.78, 5) is 21.0. The molecule has 0 bridgehead atoms. The standard InChI is InChI=1S/C24H31N3O2/c28-24(16-21-8-4-10-25-17-21)27-13-11-26(12-14-27)18-22-7-3-9-23(15-22)29-19-20-5-1-2-6-20/h3-4,7-10,15,17,20H,1-2,5-6,11-14,16,18-19H2. The number of aromatic nitrogens is 1. The molecule has 1 saturated carbocycles. The van der Waals surface area contributed by atoms with Crippen LogP contribution < -0.4 is 4.74 Å². The Bertz CT molecular complexity index is 782. The number of benzene rings is 1. The van der Waals surface area contributed by atoms with E-state index in [1.165, 1.54) is 31.2 Å². The van der Waals surface area contributed by atoms with E-state index in [2.05, 4.69) is 34.1 Å². The second-order valence-corrected chi connectivity index (χ2v) is 8.30. The third-order valence-electron chi connectivity index (χ3n) is 6.07. The van der Waals surface area contributed by atoms with Crippen molar-refractivity contribution in [1.29, 1.82) is 0 Å². The molecule has 1 aromatic carbocycles. The van der Waals surface area contributed by atoms with Crippen LogP contribution >= 0.6 is 0 Å². The van der Waals surface area contributed by atoms with Crippen molar-refractivity contribution in [3.8, 4) is 5.75 Å². The molecule has 2 fully saturated rings. The Morgan fingerprint density at radius 3 is 2.59 bits per heavy atom. The zero-order valence-electron chi connectivity index (χ0n) is 17.1. The molecule has 2 heterocycles. The van der Waals surface area contributed by atoms with Crippen LogP contribution in [0.25, 0.3) is 0 Å². The van der Waals surface area contributed by atoms with Crippen LogP contribution in [0, 0.1) is 5.92 Å². The molecular formula is C24H31N3O2. The summed E-state index contributed by atoms with van der Waals surface area (Å²) in [6, 6.07) is 12.3. The van der Waals surface area contributed by atoms with Crippen LogP contribution in [0.2, 0.25) is 0 Å². The second kappa shape index (κ2) is 9.88. The number of hydrogen-bond acceptors (Lipinski definition) is 4. The van der Waals surface area contributed by atoms with Gasteiger partial charge in [-0.15, -0.1) is 0 Å². The van der Waals surface area contributed by atoms with Gasteiger partial charge in [-0.05, 0) is 48.1 Å². The van der Waals surface area contributed by atoms with Crippen molar-refractivity contribution >= 4 is 5.91 Å². The van der Waals surface area contributed by atoms with Crippen molar-refractivity contribution in [2.75, 3.05) is 32.8 Å². The van der Waals surface area contributed by atoms with Gasteiger partial charge in [0, 0.05) is 45.1 Å². The number of piperazine rings is 1. The van der Waals surface area contributed by atoms with Crippen molar-refractivity contribution in [3.05, 3.63) is 59.9 Å². The molecule has 0 unspecified atom stereocenters. The molecule has 5 nitrogen and oxygen atoms in total.